The van der Waals surface area contributed by atoms with Crippen LogP contribution in [0.3, 0.4) is 0 Å². The molecule has 3 heterocycles. The van der Waals surface area contributed by atoms with Gasteiger partial charge in [0.05, 0.1) is 5.69 Å². The molecule has 8 heteroatoms. The van der Waals surface area contributed by atoms with Crippen LogP contribution in [0.5, 0.6) is 0 Å². The van der Waals surface area contributed by atoms with E-state index in [0.717, 1.165) is 27.8 Å². The Kier molecular flexibility index (Phi) is 4.40. The van der Waals surface area contributed by atoms with E-state index < -0.39 is 0 Å². The lowest BCUT2D eigenvalue weighted by Crippen LogP contribution is -2.02. The Labute approximate surface area is 148 Å². The minimum atomic E-state index is 0.0887. The highest BCUT2D eigenvalue weighted by Crippen LogP contribution is 2.29. The second-order valence-corrected chi connectivity index (χ2v) is 6.78. The van der Waals surface area contributed by atoms with Gasteiger partial charge in [0.15, 0.2) is 0 Å². The average Bonchev–Trinajstić information content (AvgIpc) is 3.11. The van der Waals surface area contributed by atoms with Gasteiger partial charge in [-0.3, -0.25) is 4.68 Å². The smallest absolute Gasteiger partial charge is 0.230 e. The van der Waals surface area contributed by atoms with Crippen molar-refractivity contribution in [1.82, 2.24) is 24.9 Å². The summed E-state index contributed by atoms with van der Waals surface area (Å²) in [6.45, 7) is 6.16. The van der Waals surface area contributed by atoms with Gasteiger partial charge >= 0.3 is 0 Å². The van der Waals surface area contributed by atoms with Crippen molar-refractivity contribution in [2.45, 2.75) is 33.1 Å². The van der Waals surface area contributed by atoms with E-state index in [1.165, 1.54) is 5.56 Å². The van der Waals surface area contributed by atoms with Crippen molar-refractivity contribution >= 4 is 21.7 Å². The molecule has 0 aliphatic carbocycles. The summed E-state index contributed by atoms with van der Waals surface area (Å²) < 4.78 is 8.13. The minimum Gasteiger partial charge on any atom is -0.384 e. The number of anilines is 1. The van der Waals surface area contributed by atoms with Crippen molar-refractivity contribution in [2.75, 3.05) is 5.73 Å². The van der Waals surface area contributed by atoms with E-state index in [4.69, 9.17) is 10.3 Å². The van der Waals surface area contributed by atoms with Crippen molar-refractivity contribution in [2.24, 2.45) is 7.05 Å². The lowest BCUT2D eigenvalue weighted by molar-refractivity contribution is 0.358. The molecule has 24 heavy (non-hydrogen) atoms. The maximum Gasteiger partial charge on any atom is 0.230 e. The highest BCUT2D eigenvalue weighted by atomic mass is 79.9. The van der Waals surface area contributed by atoms with Crippen LogP contribution in [0.1, 0.15) is 35.7 Å². The van der Waals surface area contributed by atoms with E-state index in [-0.39, 0.29) is 5.92 Å². The Morgan fingerprint density at radius 2 is 2.12 bits per heavy atom. The van der Waals surface area contributed by atoms with E-state index in [2.05, 4.69) is 50.0 Å². The molecule has 1 atom stereocenters. The molecule has 0 fully saturated rings. The second kappa shape index (κ2) is 6.35. The Bertz CT molecular complexity index is 885. The van der Waals surface area contributed by atoms with Crippen molar-refractivity contribution < 1.29 is 4.52 Å². The number of aryl methyl sites for hydroxylation is 2. The molecule has 0 bridgehead atoms. The monoisotopic (exact) mass is 390 g/mol. The SMILES string of the molecule is Cc1nn(C)c(C)c1CC(C)c1nc(-c2cc(N)ncc2Br)no1. The topological polar surface area (TPSA) is 95.7 Å². The molecule has 0 aliphatic heterocycles. The third-order valence-electron chi connectivity index (χ3n) is 4.15. The number of aromatic nitrogens is 5. The summed E-state index contributed by atoms with van der Waals surface area (Å²) in [6, 6.07) is 1.72. The highest BCUT2D eigenvalue weighted by Gasteiger charge is 2.20. The molecule has 0 amide bonds. The van der Waals surface area contributed by atoms with E-state index in [9.17, 15) is 0 Å². The molecule has 3 rings (SSSR count). The summed E-state index contributed by atoms with van der Waals surface area (Å²) in [6.07, 6.45) is 2.43. The zero-order valence-electron chi connectivity index (χ0n) is 14.0. The molecule has 1 unspecified atom stereocenters. The van der Waals surface area contributed by atoms with Crippen LogP contribution < -0.4 is 5.73 Å². The normalized spacial score (nSPS) is 12.5. The maximum absolute atomic E-state index is 5.74. The Hall–Kier alpha value is -2.22. The average molecular weight is 391 g/mol. The predicted octanol–water partition coefficient (Wildman–Crippen LogP) is 3.17. The molecule has 2 N–H and O–H groups in total. The number of nitrogen functional groups attached to an aromatic ring is 1. The van der Waals surface area contributed by atoms with Gasteiger partial charge in [-0.25, -0.2) is 4.98 Å². The van der Waals surface area contributed by atoms with Crippen LogP contribution in [-0.2, 0) is 13.5 Å². The molecule has 3 aromatic heterocycles. The number of rotatable bonds is 4. The van der Waals surface area contributed by atoms with Gasteiger partial charge in [0.1, 0.15) is 5.82 Å². The fourth-order valence-corrected chi connectivity index (χ4v) is 3.07. The van der Waals surface area contributed by atoms with Gasteiger partial charge in [-0.15, -0.1) is 0 Å². The summed E-state index contributed by atoms with van der Waals surface area (Å²) in [4.78, 5) is 8.55. The largest absolute Gasteiger partial charge is 0.384 e. The minimum absolute atomic E-state index is 0.0887. The molecule has 3 aromatic rings. The molecular formula is C16H19BrN6O. The zero-order chi connectivity index (χ0) is 17.4. The van der Waals surface area contributed by atoms with E-state index in [0.29, 0.717) is 17.5 Å². The zero-order valence-corrected chi connectivity index (χ0v) is 15.6. The molecule has 0 radical (unpaired) electrons. The van der Waals surface area contributed by atoms with Crippen molar-refractivity contribution in [1.29, 1.82) is 0 Å². The Morgan fingerprint density at radius 3 is 2.79 bits per heavy atom. The molecule has 0 saturated carbocycles. The van der Waals surface area contributed by atoms with Gasteiger partial charge in [0.25, 0.3) is 0 Å². The summed E-state index contributed by atoms with van der Waals surface area (Å²) in [5, 5.41) is 8.54. The molecular weight excluding hydrogens is 372 g/mol. The van der Waals surface area contributed by atoms with Gasteiger partial charge in [-0.05, 0) is 47.8 Å². The van der Waals surface area contributed by atoms with Crippen LogP contribution in [0.2, 0.25) is 0 Å². The van der Waals surface area contributed by atoms with Crippen molar-refractivity contribution in [3.63, 3.8) is 0 Å². The lowest BCUT2D eigenvalue weighted by atomic mass is 9.99. The quantitative estimate of drug-likeness (QED) is 0.734. The summed E-state index contributed by atoms with van der Waals surface area (Å²) in [7, 11) is 1.95. The first-order valence-electron chi connectivity index (χ1n) is 7.61. The molecule has 7 nitrogen and oxygen atoms in total. The first-order chi connectivity index (χ1) is 11.4. The van der Waals surface area contributed by atoms with Crippen LogP contribution in [0.15, 0.2) is 21.3 Å². The number of nitrogens with two attached hydrogens (primary N) is 1. The van der Waals surface area contributed by atoms with Crippen LogP contribution in [0.25, 0.3) is 11.4 Å². The van der Waals surface area contributed by atoms with Crippen molar-refractivity contribution in [3.05, 3.63) is 39.6 Å². The van der Waals surface area contributed by atoms with Crippen LogP contribution in [0.4, 0.5) is 5.82 Å². The fraction of sp³-hybridized carbons (Fsp3) is 0.375. The summed E-state index contributed by atoms with van der Waals surface area (Å²) in [5.74, 6) is 1.59. The predicted molar refractivity (Wildman–Crippen MR) is 94.4 cm³/mol. The van der Waals surface area contributed by atoms with Crippen LogP contribution >= 0.6 is 15.9 Å². The molecule has 0 saturated heterocycles. The summed E-state index contributed by atoms with van der Waals surface area (Å²) >= 11 is 3.44. The lowest BCUT2D eigenvalue weighted by Gasteiger charge is -2.07. The number of pyridine rings is 1. The van der Waals surface area contributed by atoms with E-state index in [1.54, 1.807) is 12.3 Å². The van der Waals surface area contributed by atoms with Gasteiger partial charge in [0, 0.05) is 34.9 Å². The Balaban J connectivity index is 1.86. The van der Waals surface area contributed by atoms with Gasteiger partial charge in [0.2, 0.25) is 11.7 Å². The van der Waals surface area contributed by atoms with Crippen LogP contribution in [0, 0.1) is 13.8 Å². The molecule has 126 valence electrons. The third-order valence-corrected chi connectivity index (χ3v) is 4.78. The summed E-state index contributed by atoms with van der Waals surface area (Å²) in [5.41, 5.74) is 9.92. The number of hydrogen-bond donors (Lipinski definition) is 1. The number of hydrogen-bond acceptors (Lipinski definition) is 6. The Morgan fingerprint density at radius 1 is 1.38 bits per heavy atom. The molecule has 0 aromatic carbocycles. The third kappa shape index (κ3) is 3.06. The number of nitrogens with zero attached hydrogens (tertiary/aromatic N) is 5. The van der Waals surface area contributed by atoms with Gasteiger partial charge in [-0.1, -0.05) is 12.1 Å². The first-order valence-corrected chi connectivity index (χ1v) is 8.40. The van der Waals surface area contributed by atoms with E-state index in [1.807, 2.05) is 18.7 Å². The van der Waals surface area contributed by atoms with Crippen LogP contribution in [-0.4, -0.2) is 24.9 Å². The van der Waals surface area contributed by atoms with E-state index >= 15 is 0 Å². The maximum atomic E-state index is 5.74. The molecule has 0 spiro atoms. The van der Waals surface area contributed by atoms with Gasteiger partial charge in [-0.2, -0.15) is 10.1 Å². The fourth-order valence-electron chi connectivity index (χ4n) is 2.68. The standard InChI is InChI=1S/C16H19BrN6O/c1-8(5-11-9(2)21-23(4)10(11)3)16-20-15(22-24-16)12-6-14(18)19-7-13(12)17/h6-8H,5H2,1-4H3,(H2,18,19). The van der Waals surface area contributed by atoms with Crippen molar-refractivity contribution in [3.8, 4) is 11.4 Å². The van der Waals surface area contributed by atoms with Gasteiger partial charge < -0.3 is 10.3 Å². The first kappa shape index (κ1) is 16.6. The second-order valence-electron chi connectivity index (χ2n) is 5.92. The molecule has 0 aliphatic rings. The number of halogens is 1. The highest BCUT2D eigenvalue weighted by molar-refractivity contribution is 9.10.